The Kier molecular flexibility index (Phi) is 4.51. The lowest BCUT2D eigenvalue weighted by Gasteiger charge is -2.07. The van der Waals surface area contributed by atoms with E-state index in [1.165, 1.54) is 18.2 Å². The molecule has 23 heavy (non-hydrogen) atoms. The molecule has 3 rings (SSSR count). The maximum atomic E-state index is 13.2. The molecule has 0 aliphatic rings. The van der Waals surface area contributed by atoms with Crippen LogP contribution in [0.15, 0.2) is 65.1 Å². The third-order valence-electron chi connectivity index (χ3n) is 3.17. The number of nitrogens with zero attached hydrogens (tertiary/aromatic N) is 1. The van der Waals surface area contributed by atoms with Crippen LogP contribution < -0.4 is 4.72 Å². The lowest BCUT2D eigenvalue weighted by molar-refractivity contribution is 0.577. The highest BCUT2D eigenvalue weighted by molar-refractivity contribution is 7.89. The molecule has 1 aromatic carbocycles. The van der Waals surface area contributed by atoms with Crippen molar-refractivity contribution in [3.63, 3.8) is 0 Å². The summed E-state index contributed by atoms with van der Waals surface area (Å²) in [4.78, 5) is 5.10. The van der Waals surface area contributed by atoms with Crippen LogP contribution in [0, 0.1) is 5.82 Å². The number of hydrogen-bond acceptors (Lipinski definition) is 4. The van der Waals surface area contributed by atoms with Gasteiger partial charge in [-0.2, -0.15) is 0 Å². The van der Waals surface area contributed by atoms with Crippen LogP contribution in [0.3, 0.4) is 0 Å². The first kappa shape index (κ1) is 15.8. The Hall–Kier alpha value is -2.09. The molecule has 0 fully saturated rings. The summed E-state index contributed by atoms with van der Waals surface area (Å²) in [7, 11) is -3.76. The molecule has 0 amide bonds. The first-order valence-electron chi connectivity index (χ1n) is 6.78. The number of benzene rings is 1. The van der Waals surface area contributed by atoms with Crippen LogP contribution in [0.1, 0.15) is 5.56 Å². The van der Waals surface area contributed by atoms with Crippen LogP contribution in [0.5, 0.6) is 0 Å². The molecule has 0 unspecified atom stereocenters. The van der Waals surface area contributed by atoms with E-state index in [0.29, 0.717) is 0 Å². The summed E-state index contributed by atoms with van der Waals surface area (Å²) in [6.07, 6.45) is 3.33. The SMILES string of the molecule is O=S(=O)(NCc1cncc(-c2cccs2)c1)c1cccc(F)c1. The molecule has 118 valence electrons. The summed E-state index contributed by atoms with van der Waals surface area (Å²) in [5, 5.41) is 1.97. The van der Waals surface area contributed by atoms with Gasteiger partial charge in [-0.25, -0.2) is 17.5 Å². The second-order valence-electron chi connectivity index (χ2n) is 4.84. The van der Waals surface area contributed by atoms with Crippen molar-refractivity contribution in [1.29, 1.82) is 0 Å². The molecule has 4 nitrogen and oxygen atoms in total. The maximum Gasteiger partial charge on any atom is 0.240 e. The number of pyridine rings is 1. The van der Waals surface area contributed by atoms with E-state index >= 15 is 0 Å². The molecule has 0 aliphatic heterocycles. The number of sulfonamides is 1. The van der Waals surface area contributed by atoms with Gasteiger partial charge in [0.1, 0.15) is 5.82 Å². The zero-order valence-corrected chi connectivity index (χ0v) is 13.6. The van der Waals surface area contributed by atoms with E-state index in [2.05, 4.69) is 9.71 Å². The summed E-state index contributed by atoms with van der Waals surface area (Å²) >= 11 is 1.59. The van der Waals surface area contributed by atoms with E-state index in [0.717, 1.165) is 22.1 Å². The van der Waals surface area contributed by atoms with Gasteiger partial charge in [-0.15, -0.1) is 11.3 Å². The fraction of sp³-hybridized carbons (Fsp3) is 0.0625. The van der Waals surface area contributed by atoms with Gasteiger partial charge >= 0.3 is 0 Å². The fourth-order valence-electron chi connectivity index (χ4n) is 2.06. The normalized spacial score (nSPS) is 11.5. The van der Waals surface area contributed by atoms with Gasteiger partial charge in [0, 0.05) is 29.4 Å². The molecule has 0 bridgehead atoms. The molecule has 3 aromatic rings. The average Bonchev–Trinajstić information content (AvgIpc) is 3.08. The number of rotatable bonds is 5. The molecular weight excluding hydrogens is 335 g/mol. The van der Waals surface area contributed by atoms with E-state index < -0.39 is 15.8 Å². The highest BCUT2D eigenvalue weighted by Gasteiger charge is 2.14. The average molecular weight is 348 g/mol. The number of thiophene rings is 1. The van der Waals surface area contributed by atoms with Crippen LogP contribution in [-0.4, -0.2) is 13.4 Å². The molecule has 7 heteroatoms. The van der Waals surface area contributed by atoms with Gasteiger partial charge in [-0.1, -0.05) is 12.1 Å². The van der Waals surface area contributed by atoms with E-state index in [4.69, 9.17) is 0 Å². The van der Waals surface area contributed by atoms with Crippen molar-refractivity contribution in [2.24, 2.45) is 0 Å². The Labute approximate surface area is 137 Å². The topological polar surface area (TPSA) is 59.1 Å². The molecular formula is C16H13FN2O2S2. The summed E-state index contributed by atoms with van der Waals surface area (Å²) in [6.45, 7) is 0.0884. The van der Waals surface area contributed by atoms with Gasteiger partial charge < -0.3 is 0 Å². The van der Waals surface area contributed by atoms with Crippen LogP contribution in [0.4, 0.5) is 4.39 Å². The minimum atomic E-state index is -3.76. The quantitative estimate of drug-likeness (QED) is 0.768. The van der Waals surface area contributed by atoms with Gasteiger partial charge in [0.05, 0.1) is 4.90 Å². The lowest BCUT2D eigenvalue weighted by atomic mass is 10.2. The molecule has 1 N–H and O–H groups in total. The zero-order valence-electron chi connectivity index (χ0n) is 11.9. The number of hydrogen-bond donors (Lipinski definition) is 1. The van der Waals surface area contributed by atoms with E-state index in [1.54, 1.807) is 23.7 Å². The zero-order chi connectivity index (χ0) is 16.3. The van der Waals surface area contributed by atoms with Crippen LogP contribution in [0.25, 0.3) is 10.4 Å². The fourth-order valence-corrected chi connectivity index (χ4v) is 3.82. The third-order valence-corrected chi connectivity index (χ3v) is 5.49. The van der Waals surface area contributed by atoms with Crippen molar-refractivity contribution in [2.45, 2.75) is 11.4 Å². The Balaban J connectivity index is 1.77. The Morgan fingerprint density at radius 1 is 1.13 bits per heavy atom. The smallest absolute Gasteiger partial charge is 0.240 e. The van der Waals surface area contributed by atoms with Crippen molar-refractivity contribution in [3.05, 3.63) is 71.6 Å². The second kappa shape index (κ2) is 6.57. The van der Waals surface area contributed by atoms with E-state index in [9.17, 15) is 12.8 Å². The number of aromatic nitrogens is 1. The minimum Gasteiger partial charge on any atom is -0.264 e. The molecule has 0 saturated carbocycles. The van der Waals surface area contributed by atoms with Crippen LogP contribution in [0.2, 0.25) is 0 Å². The van der Waals surface area contributed by atoms with Crippen molar-refractivity contribution >= 4 is 21.4 Å². The van der Waals surface area contributed by atoms with Crippen molar-refractivity contribution in [1.82, 2.24) is 9.71 Å². The van der Waals surface area contributed by atoms with E-state index in [-0.39, 0.29) is 11.4 Å². The monoisotopic (exact) mass is 348 g/mol. The Morgan fingerprint density at radius 3 is 2.74 bits per heavy atom. The largest absolute Gasteiger partial charge is 0.264 e. The van der Waals surface area contributed by atoms with Crippen LogP contribution >= 0.6 is 11.3 Å². The molecule has 2 heterocycles. The molecule has 0 saturated heterocycles. The van der Waals surface area contributed by atoms with Gasteiger partial charge in [-0.05, 0) is 41.3 Å². The molecule has 0 aliphatic carbocycles. The Morgan fingerprint density at radius 2 is 2.00 bits per heavy atom. The predicted octanol–water partition coefficient (Wildman–Crippen LogP) is 3.43. The highest BCUT2D eigenvalue weighted by Crippen LogP contribution is 2.24. The maximum absolute atomic E-state index is 13.2. The van der Waals surface area contributed by atoms with Crippen molar-refractivity contribution < 1.29 is 12.8 Å². The summed E-state index contributed by atoms with van der Waals surface area (Å²) < 4.78 is 40.0. The van der Waals surface area contributed by atoms with Gasteiger partial charge in [0.25, 0.3) is 0 Å². The molecule has 0 atom stereocenters. The second-order valence-corrected chi connectivity index (χ2v) is 7.56. The third kappa shape index (κ3) is 3.82. The number of nitrogens with one attached hydrogen (secondary N) is 1. The van der Waals surface area contributed by atoms with Gasteiger partial charge in [-0.3, -0.25) is 4.98 Å². The van der Waals surface area contributed by atoms with Crippen LogP contribution in [-0.2, 0) is 16.6 Å². The lowest BCUT2D eigenvalue weighted by Crippen LogP contribution is -2.23. The van der Waals surface area contributed by atoms with Crippen molar-refractivity contribution in [3.8, 4) is 10.4 Å². The predicted molar refractivity (Wildman–Crippen MR) is 88.0 cm³/mol. The first-order valence-corrected chi connectivity index (χ1v) is 9.14. The van der Waals surface area contributed by atoms with E-state index in [1.807, 2.05) is 23.6 Å². The number of halogens is 1. The molecule has 0 radical (unpaired) electrons. The standard InChI is InChI=1S/C16H13FN2O2S2/c17-14-3-1-4-15(8-14)23(20,21)19-10-12-7-13(11-18-9-12)16-5-2-6-22-16/h1-9,11,19H,10H2. The van der Waals surface area contributed by atoms with Crippen molar-refractivity contribution in [2.75, 3.05) is 0 Å². The first-order chi connectivity index (χ1) is 11.0. The van der Waals surface area contributed by atoms with Gasteiger partial charge in [0.15, 0.2) is 0 Å². The molecule has 0 spiro atoms. The Bertz CT molecular complexity index is 909. The molecule has 2 aromatic heterocycles. The van der Waals surface area contributed by atoms with Gasteiger partial charge in [0.2, 0.25) is 10.0 Å². The summed E-state index contributed by atoms with van der Waals surface area (Å²) in [5.41, 5.74) is 1.67. The minimum absolute atomic E-state index is 0.0884. The summed E-state index contributed by atoms with van der Waals surface area (Å²) in [5.74, 6) is -0.589. The highest BCUT2D eigenvalue weighted by atomic mass is 32.2. The summed E-state index contributed by atoms with van der Waals surface area (Å²) in [6, 6.07) is 10.7.